The first kappa shape index (κ1) is 9.58. The van der Waals surface area contributed by atoms with Gasteiger partial charge in [-0.3, -0.25) is 0 Å². The quantitative estimate of drug-likeness (QED) is 0.434. The number of rotatable bonds is 1. The van der Waals surface area contributed by atoms with Crippen molar-refractivity contribution in [2.45, 2.75) is 6.61 Å². The Morgan fingerprint density at radius 3 is 2.10 bits per heavy atom. The molecule has 0 radical (unpaired) electrons. The fourth-order valence-electron chi connectivity index (χ4n) is 0.601. The van der Waals surface area contributed by atoms with E-state index in [1.807, 2.05) is 0 Å². The fraction of sp³-hybridized carbons (Fsp3) is 0.143. The predicted molar refractivity (Wildman–Crippen MR) is 35.1 cm³/mol. The van der Waals surface area contributed by atoms with Gasteiger partial charge in [-0.05, 0) is 17.7 Å². The second-order valence-corrected chi connectivity index (χ2v) is 1.82. The molecule has 10 heavy (non-hydrogen) atoms. The monoisotopic (exact) mass is 132 g/mol. The Balaban J connectivity index is 0. The maximum atomic E-state index is 8.77. The van der Waals surface area contributed by atoms with E-state index in [-0.39, 0.29) is 32.6 Å². The Kier molecular flexibility index (Phi) is 4.22. The van der Waals surface area contributed by atoms with Gasteiger partial charge in [0.05, 0.1) is 6.61 Å². The molecule has 0 saturated heterocycles. The van der Waals surface area contributed by atoms with E-state index < -0.39 is 0 Å². The van der Waals surface area contributed by atoms with Gasteiger partial charge in [0.2, 0.25) is 0 Å². The second kappa shape index (κ2) is 4.40. The Hall–Kier alpha value is -0.423. The molecule has 0 saturated carbocycles. The van der Waals surface area contributed by atoms with Crippen LogP contribution < -0.4 is 18.9 Å². The van der Waals surface area contributed by atoms with E-state index in [2.05, 4.69) is 0 Å². The van der Waals surface area contributed by atoms with Crippen molar-refractivity contribution in [3.63, 3.8) is 0 Å². The summed E-state index contributed by atoms with van der Waals surface area (Å²) in [5.74, 6) is 0.229. The van der Waals surface area contributed by atoms with Crippen molar-refractivity contribution in [2.75, 3.05) is 0 Å². The smallest absolute Gasteiger partial charge is 1.00 e. The van der Waals surface area contributed by atoms with Gasteiger partial charge in [-0.15, -0.1) is 0 Å². The minimum absolute atomic E-state index is 0. The number of hydrogen-bond acceptors (Lipinski definition) is 2. The Morgan fingerprint density at radius 2 is 1.70 bits per heavy atom. The molecular formula is C7H9LiO2. The van der Waals surface area contributed by atoms with Crippen LogP contribution >= 0.6 is 0 Å². The van der Waals surface area contributed by atoms with Crippen LogP contribution in [0.5, 0.6) is 5.75 Å². The first-order chi connectivity index (χ1) is 4.33. The summed E-state index contributed by atoms with van der Waals surface area (Å²) in [5, 5.41) is 17.3. The average Bonchev–Trinajstić information content (AvgIpc) is 1.90. The normalized spacial score (nSPS) is 8.50. The van der Waals surface area contributed by atoms with Gasteiger partial charge in [0.25, 0.3) is 0 Å². The van der Waals surface area contributed by atoms with E-state index in [0.29, 0.717) is 0 Å². The van der Waals surface area contributed by atoms with Crippen molar-refractivity contribution in [1.29, 1.82) is 0 Å². The molecule has 1 aromatic rings. The van der Waals surface area contributed by atoms with Gasteiger partial charge in [0.15, 0.2) is 0 Å². The van der Waals surface area contributed by atoms with Crippen LogP contribution in [-0.4, -0.2) is 10.2 Å². The summed E-state index contributed by atoms with van der Waals surface area (Å²) < 4.78 is 0. The van der Waals surface area contributed by atoms with E-state index >= 15 is 0 Å². The molecule has 2 nitrogen and oxygen atoms in total. The number of phenolic OH excluding ortho intramolecular Hbond substituents is 1. The summed E-state index contributed by atoms with van der Waals surface area (Å²) in [7, 11) is 0. The van der Waals surface area contributed by atoms with Gasteiger partial charge >= 0.3 is 18.9 Å². The van der Waals surface area contributed by atoms with Gasteiger partial charge in [-0.1, -0.05) is 12.1 Å². The molecule has 0 aliphatic rings. The van der Waals surface area contributed by atoms with Crippen molar-refractivity contribution in [3.05, 3.63) is 29.8 Å². The van der Waals surface area contributed by atoms with Crippen LogP contribution in [0, 0.1) is 0 Å². The molecule has 3 heteroatoms. The van der Waals surface area contributed by atoms with Crippen LogP contribution in [0.15, 0.2) is 24.3 Å². The minimum Gasteiger partial charge on any atom is -1.00 e. The Bertz CT molecular complexity index is 188. The van der Waals surface area contributed by atoms with Crippen molar-refractivity contribution >= 4 is 0 Å². The van der Waals surface area contributed by atoms with Crippen molar-refractivity contribution in [1.82, 2.24) is 0 Å². The molecule has 0 amide bonds. The maximum absolute atomic E-state index is 8.77. The molecule has 0 spiro atoms. The number of aromatic hydroxyl groups is 1. The van der Waals surface area contributed by atoms with Crippen LogP contribution in [0.1, 0.15) is 6.99 Å². The zero-order valence-corrected chi connectivity index (χ0v) is 5.91. The molecular weight excluding hydrogens is 123 g/mol. The summed E-state index contributed by atoms with van der Waals surface area (Å²) in [5.41, 5.74) is 0.813. The van der Waals surface area contributed by atoms with Gasteiger partial charge < -0.3 is 11.6 Å². The van der Waals surface area contributed by atoms with Crippen LogP contribution in [-0.2, 0) is 6.61 Å². The Morgan fingerprint density at radius 1 is 1.20 bits per heavy atom. The number of phenols is 1. The summed E-state index contributed by atoms with van der Waals surface area (Å²) in [4.78, 5) is 0. The summed E-state index contributed by atoms with van der Waals surface area (Å²) in [6, 6.07) is 6.45. The third-order valence-electron chi connectivity index (χ3n) is 1.12. The van der Waals surface area contributed by atoms with Crippen molar-refractivity contribution in [2.24, 2.45) is 0 Å². The van der Waals surface area contributed by atoms with E-state index in [1.54, 1.807) is 24.3 Å². The topological polar surface area (TPSA) is 40.5 Å². The first-order valence-electron chi connectivity index (χ1n) is 2.71. The molecule has 1 rings (SSSR count). The third-order valence-corrected chi connectivity index (χ3v) is 1.12. The van der Waals surface area contributed by atoms with Crippen LogP contribution in [0.2, 0.25) is 0 Å². The van der Waals surface area contributed by atoms with Crippen LogP contribution in [0.3, 0.4) is 0 Å². The number of aliphatic hydroxyl groups is 1. The van der Waals surface area contributed by atoms with Gasteiger partial charge in [-0.2, -0.15) is 0 Å². The van der Waals surface area contributed by atoms with Gasteiger partial charge in [0, 0.05) is 0 Å². The van der Waals surface area contributed by atoms with Crippen molar-refractivity contribution in [3.8, 4) is 5.75 Å². The largest absolute Gasteiger partial charge is 1.00 e. The predicted octanol–water partition coefficient (Wildman–Crippen LogP) is -2.00. The molecule has 1 aromatic carbocycles. The van der Waals surface area contributed by atoms with Gasteiger partial charge in [0.1, 0.15) is 5.75 Å². The molecule has 50 valence electrons. The molecule has 0 atom stereocenters. The molecule has 0 unspecified atom stereocenters. The van der Waals surface area contributed by atoms with E-state index in [4.69, 9.17) is 10.2 Å². The molecule has 2 N–H and O–H groups in total. The fourth-order valence-corrected chi connectivity index (χ4v) is 0.601. The molecule has 0 heterocycles. The zero-order chi connectivity index (χ0) is 6.69. The average molecular weight is 132 g/mol. The standard InChI is InChI=1S/C7H8O2.Li.H/c8-5-6-1-3-7(9)4-2-6;;/h1-4,8-9H,5H2;;/q;+1;-1. The maximum Gasteiger partial charge on any atom is 1.00 e. The third kappa shape index (κ3) is 2.45. The molecule has 0 aliphatic heterocycles. The first-order valence-corrected chi connectivity index (χ1v) is 2.71. The SMILES string of the molecule is OCc1ccc(O)cc1.[H-].[Li+]. The molecule has 0 bridgehead atoms. The van der Waals surface area contributed by atoms with E-state index in [9.17, 15) is 0 Å². The molecule has 0 aliphatic carbocycles. The van der Waals surface area contributed by atoms with Crippen LogP contribution in [0.4, 0.5) is 0 Å². The van der Waals surface area contributed by atoms with Crippen LogP contribution in [0.25, 0.3) is 0 Å². The Labute approximate surface area is 73.2 Å². The molecule has 0 aromatic heterocycles. The number of benzene rings is 1. The van der Waals surface area contributed by atoms with Gasteiger partial charge in [-0.25, -0.2) is 0 Å². The number of aliphatic hydroxyl groups excluding tert-OH is 1. The van der Waals surface area contributed by atoms with Crippen molar-refractivity contribution < 1.29 is 30.5 Å². The zero-order valence-electron chi connectivity index (χ0n) is 6.91. The van der Waals surface area contributed by atoms with E-state index in [1.165, 1.54) is 0 Å². The molecule has 0 fully saturated rings. The summed E-state index contributed by atoms with van der Waals surface area (Å²) in [6.07, 6.45) is 0. The summed E-state index contributed by atoms with van der Waals surface area (Å²) >= 11 is 0. The van der Waals surface area contributed by atoms with E-state index in [0.717, 1.165) is 5.56 Å². The minimum atomic E-state index is 0. The number of hydrogen-bond donors (Lipinski definition) is 2. The second-order valence-electron chi connectivity index (χ2n) is 1.82. The summed E-state index contributed by atoms with van der Waals surface area (Å²) in [6.45, 7) is 0.0281.